The van der Waals surface area contributed by atoms with E-state index in [0.717, 1.165) is 58.1 Å². The number of carbonyl (C=O) groups excluding carboxylic acids is 1. The van der Waals surface area contributed by atoms with Gasteiger partial charge in [-0.05, 0) is 55.1 Å². The highest BCUT2D eigenvalue weighted by Crippen LogP contribution is 2.39. The molecule has 10 nitrogen and oxygen atoms in total. The normalized spacial score (nSPS) is 16.7. The van der Waals surface area contributed by atoms with Crippen LogP contribution in [0.2, 0.25) is 0 Å². The Kier molecular flexibility index (Phi) is 5.10. The number of H-pyrrole nitrogens is 2. The van der Waals surface area contributed by atoms with E-state index in [9.17, 15) is 4.79 Å². The molecule has 1 aliphatic rings. The first kappa shape index (κ1) is 21.5. The lowest BCUT2D eigenvalue weighted by atomic mass is 9.95. The van der Waals surface area contributed by atoms with Crippen LogP contribution < -0.4 is 5.73 Å². The van der Waals surface area contributed by atoms with Crippen molar-refractivity contribution in [2.45, 2.75) is 45.2 Å². The minimum Gasteiger partial charge on any atom is -0.419 e. The summed E-state index contributed by atoms with van der Waals surface area (Å²) in [6, 6.07) is 7.85. The van der Waals surface area contributed by atoms with Gasteiger partial charge < -0.3 is 15.1 Å². The van der Waals surface area contributed by atoms with Crippen LogP contribution >= 0.6 is 0 Å². The maximum absolute atomic E-state index is 11.7. The molecule has 0 aliphatic carbocycles. The number of carbonyl (C=O) groups is 1. The predicted octanol–water partition coefficient (Wildman–Crippen LogP) is 3.73. The molecule has 1 saturated heterocycles. The van der Waals surface area contributed by atoms with Gasteiger partial charge >= 0.3 is 0 Å². The summed E-state index contributed by atoms with van der Waals surface area (Å²) >= 11 is 0. The Morgan fingerprint density at radius 1 is 1.26 bits per heavy atom. The fourth-order valence-electron chi connectivity index (χ4n) is 5.17. The molecule has 0 bridgehead atoms. The molecular formula is C25H26N8O2. The van der Waals surface area contributed by atoms with Crippen LogP contribution in [0.3, 0.4) is 0 Å². The fraction of sp³-hybridized carbons (Fsp3) is 0.320. The van der Waals surface area contributed by atoms with E-state index >= 15 is 0 Å². The van der Waals surface area contributed by atoms with Crippen LogP contribution in [0.4, 0.5) is 0 Å². The number of benzene rings is 1. The van der Waals surface area contributed by atoms with Crippen LogP contribution in [0, 0.1) is 0 Å². The van der Waals surface area contributed by atoms with Crippen LogP contribution in [0.5, 0.6) is 0 Å². The van der Waals surface area contributed by atoms with E-state index in [1.165, 1.54) is 5.56 Å². The summed E-state index contributed by atoms with van der Waals surface area (Å²) in [7, 11) is 0. The quantitative estimate of drug-likeness (QED) is 0.343. The summed E-state index contributed by atoms with van der Waals surface area (Å²) in [4.78, 5) is 21.7. The number of pyridine rings is 1. The molecule has 4 N–H and O–H groups in total. The van der Waals surface area contributed by atoms with Crippen molar-refractivity contribution in [1.82, 2.24) is 35.3 Å². The van der Waals surface area contributed by atoms with Gasteiger partial charge in [0, 0.05) is 33.6 Å². The number of nitrogens with two attached hydrogens (primary N) is 1. The average Bonchev–Trinajstić information content (AvgIpc) is 3.63. The van der Waals surface area contributed by atoms with Gasteiger partial charge in [-0.15, -0.1) is 10.2 Å². The summed E-state index contributed by atoms with van der Waals surface area (Å²) in [5.41, 5.74) is 11.5. The maximum Gasteiger partial charge on any atom is 0.247 e. The molecule has 0 spiro atoms. The lowest BCUT2D eigenvalue weighted by Crippen LogP contribution is -2.39. The second-order valence-electron chi connectivity index (χ2n) is 9.35. The monoisotopic (exact) mass is 470 g/mol. The Hall–Kier alpha value is -4.05. The topological polar surface area (TPSA) is 143 Å². The highest BCUT2D eigenvalue weighted by molar-refractivity contribution is 5.99. The van der Waals surface area contributed by atoms with Gasteiger partial charge in [0.1, 0.15) is 0 Å². The van der Waals surface area contributed by atoms with Gasteiger partial charge in [-0.2, -0.15) is 5.10 Å². The van der Waals surface area contributed by atoms with Gasteiger partial charge in [-0.25, -0.2) is 4.98 Å². The molecule has 1 amide bonds. The predicted molar refractivity (Wildman–Crippen MR) is 131 cm³/mol. The average molecular weight is 471 g/mol. The van der Waals surface area contributed by atoms with E-state index in [4.69, 9.17) is 10.2 Å². The third kappa shape index (κ3) is 3.66. The van der Waals surface area contributed by atoms with Crippen LogP contribution in [0.25, 0.3) is 44.6 Å². The Balaban J connectivity index is 1.38. The molecule has 178 valence electrons. The number of nitrogens with one attached hydrogen (secondary N) is 2. The van der Waals surface area contributed by atoms with Gasteiger partial charge in [-0.1, -0.05) is 13.8 Å². The number of rotatable bonds is 6. The Labute approximate surface area is 200 Å². The van der Waals surface area contributed by atoms with Crippen LogP contribution in [0.1, 0.15) is 44.1 Å². The van der Waals surface area contributed by atoms with Gasteiger partial charge in [0.05, 0.1) is 24.5 Å². The van der Waals surface area contributed by atoms with E-state index in [1.807, 2.05) is 29.3 Å². The molecule has 0 radical (unpaired) electrons. The van der Waals surface area contributed by atoms with Gasteiger partial charge in [0.25, 0.3) is 0 Å². The lowest BCUT2D eigenvalue weighted by Gasteiger charge is -2.19. The van der Waals surface area contributed by atoms with E-state index in [2.05, 4.69) is 50.3 Å². The zero-order valence-electron chi connectivity index (χ0n) is 19.6. The number of primary amides is 1. The van der Waals surface area contributed by atoms with Crippen LogP contribution in [0.15, 0.2) is 41.1 Å². The zero-order valence-corrected chi connectivity index (χ0v) is 19.6. The first-order chi connectivity index (χ1) is 17.0. The van der Waals surface area contributed by atoms with E-state index in [1.54, 1.807) is 6.20 Å². The molecule has 1 fully saturated rings. The number of aromatic amines is 2. The lowest BCUT2D eigenvalue weighted by molar-refractivity contribution is -0.122. The van der Waals surface area contributed by atoms with Crippen molar-refractivity contribution < 1.29 is 9.21 Å². The van der Waals surface area contributed by atoms with E-state index < -0.39 is 0 Å². The largest absolute Gasteiger partial charge is 0.419 e. The molecular weight excluding hydrogens is 444 g/mol. The summed E-state index contributed by atoms with van der Waals surface area (Å²) in [5.74, 6) is 0.892. The Morgan fingerprint density at radius 2 is 2.14 bits per heavy atom. The van der Waals surface area contributed by atoms with Crippen molar-refractivity contribution in [1.29, 1.82) is 0 Å². The molecule has 0 saturated carbocycles. The summed E-state index contributed by atoms with van der Waals surface area (Å²) in [6.45, 7) is 5.57. The van der Waals surface area contributed by atoms with Crippen molar-refractivity contribution >= 4 is 27.8 Å². The minimum atomic E-state index is -0.306. The molecule has 1 unspecified atom stereocenters. The maximum atomic E-state index is 11.7. The van der Waals surface area contributed by atoms with Crippen molar-refractivity contribution in [3.8, 4) is 22.7 Å². The highest BCUT2D eigenvalue weighted by atomic mass is 16.4. The Morgan fingerprint density at radius 3 is 2.97 bits per heavy atom. The Bertz CT molecular complexity index is 1550. The zero-order chi connectivity index (χ0) is 24.1. The molecule has 5 aromatic rings. The minimum absolute atomic E-state index is 0.267. The van der Waals surface area contributed by atoms with Crippen LogP contribution in [-0.4, -0.2) is 53.8 Å². The third-order valence-corrected chi connectivity index (χ3v) is 6.78. The number of hydrogen-bond acceptors (Lipinski definition) is 7. The number of amides is 1. The fourth-order valence-corrected chi connectivity index (χ4v) is 5.17. The highest BCUT2D eigenvalue weighted by Gasteiger charge is 2.30. The first-order valence-corrected chi connectivity index (χ1v) is 11.8. The van der Waals surface area contributed by atoms with Crippen molar-refractivity contribution in [3.05, 3.63) is 48.1 Å². The molecule has 1 aromatic carbocycles. The van der Waals surface area contributed by atoms with Crippen molar-refractivity contribution in [2.75, 3.05) is 6.54 Å². The number of hydrogen-bond donors (Lipinski definition) is 3. The van der Waals surface area contributed by atoms with Crippen molar-refractivity contribution in [2.24, 2.45) is 5.73 Å². The second kappa shape index (κ2) is 8.31. The van der Waals surface area contributed by atoms with Crippen molar-refractivity contribution in [3.63, 3.8) is 0 Å². The number of fused-ring (bicyclic) bond motifs is 2. The molecule has 35 heavy (non-hydrogen) atoms. The number of aromatic nitrogens is 6. The standard InChI is InChI=1S/C25H26N8O2/c1-13(2)21-16-10-14(25-32-30-20(35-25)12-33-9-3-4-19(33)23(26)34)5-6-18(16)29-22(21)15-7-8-27-24-17(15)11-28-31-24/h5-8,10-11,13,19,29H,3-4,9,12H2,1-2H3,(H2,26,34)(H,27,28,31). The first-order valence-electron chi connectivity index (χ1n) is 11.8. The second-order valence-corrected chi connectivity index (χ2v) is 9.35. The van der Waals surface area contributed by atoms with E-state index in [-0.39, 0.29) is 17.9 Å². The smallest absolute Gasteiger partial charge is 0.247 e. The van der Waals surface area contributed by atoms with Gasteiger partial charge in [0.15, 0.2) is 5.65 Å². The molecule has 5 heterocycles. The van der Waals surface area contributed by atoms with Crippen LogP contribution in [-0.2, 0) is 11.3 Å². The molecule has 4 aromatic heterocycles. The summed E-state index contributed by atoms with van der Waals surface area (Å²) in [5, 5.41) is 17.7. The van der Waals surface area contributed by atoms with Gasteiger partial charge in [0.2, 0.25) is 17.7 Å². The molecule has 6 rings (SSSR count). The molecule has 10 heteroatoms. The third-order valence-electron chi connectivity index (χ3n) is 6.78. The summed E-state index contributed by atoms with van der Waals surface area (Å²) in [6.07, 6.45) is 5.30. The molecule has 1 atom stereocenters. The molecule has 1 aliphatic heterocycles. The van der Waals surface area contributed by atoms with E-state index in [0.29, 0.717) is 18.3 Å². The SMILES string of the molecule is CC(C)c1c(-c2ccnc3[nH]ncc23)[nH]c2ccc(-c3nnc(CN4CCCC4C(N)=O)o3)cc12. The summed E-state index contributed by atoms with van der Waals surface area (Å²) < 4.78 is 6.00. The number of nitrogens with zero attached hydrogens (tertiary/aromatic N) is 5. The van der Waals surface area contributed by atoms with Gasteiger partial charge in [-0.3, -0.25) is 14.8 Å². The number of likely N-dealkylation sites (tertiary alicyclic amines) is 1.